The van der Waals surface area contributed by atoms with Crippen molar-refractivity contribution in [2.24, 2.45) is 0 Å². The quantitative estimate of drug-likeness (QED) is 0.549. The summed E-state index contributed by atoms with van der Waals surface area (Å²) >= 11 is 5.98. The Morgan fingerprint density at radius 2 is 1.84 bits per heavy atom. The Morgan fingerprint density at radius 1 is 1.16 bits per heavy atom. The third kappa shape index (κ3) is 6.53. The van der Waals surface area contributed by atoms with Crippen molar-refractivity contribution in [1.82, 2.24) is 19.2 Å². The number of hydrogen-bond acceptors (Lipinski definition) is 5. The van der Waals surface area contributed by atoms with Gasteiger partial charge in [-0.05, 0) is 50.8 Å². The Morgan fingerprint density at radius 3 is 2.50 bits per heavy atom. The van der Waals surface area contributed by atoms with Gasteiger partial charge in [0.05, 0.1) is 5.02 Å². The maximum Gasteiger partial charge on any atom is 0.290 e. The molecule has 0 aliphatic heterocycles. The molecular formula is C22H26ClN5O4. The number of pyridine rings is 1. The summed E-state index contributed by atoms with van der Waals surface area (Å²) in [6.07, 6.45) is 3.31. The topological polar surface area (TPSA) is 107 Å². The third-order valence-electron chi connectivity index (χ3n) is 4.61. The highest BCUT2D eigenvalue weighted by Crippen LogP contribution is 2.19. The van der Waals surface area contributed by atoms with E-state index in [1.807, 2.05) is 32.0 Å². The number of anilines is 1. The minimum Gasteiger partial charge on any atom is -0.483 e. The normalized spacial score (nSPS) is 10.4. The molecule has 1 aromatic carbocycles. The van der Waals surface area contributed by atoms with Gasteiger partial charge >= 0.3 is 0 Å². The summed E-state index contributed by atoms with van der Waals surface area (Å²) in [6, 6.07) is 8.76. The average Bonchev–Trinajstić information content (AvgIpc) is 3.17. The molecule has 0 aliphatic rings. The number of hydrogen-bond donors (Lipinski definition) is 2. The lowest BCUT2D eigenvalue weighted by molar-refractivity contribution is -0.122. The second-order valence-electron chi connectivity index (χ2n) is 7.36. The molecule has 2 aromatic heterocycles. The molecule has 0 saturated heterocycles. The van der Waals surface area contributed by atoms with Gasteiger partial charge in [-0.25, -0.2) is 4.98 Å². The monoisotopic (exact) mass is 459 g/mol. The van der Waals surface area contributed by atoms with E-state index in [2.05, 4.69) is 10.3 Å². The second-order valence-corrected chi connectivity index (χ2v) is 7.79. The van der Waals surface area contributed by atoms with E-state index < -0.39 is 0 Å². The lowest BCUT2D eigenvalue weighted by Crippen LogP contribution is -2.33. The van der Waals surface area contributed by atoms with Crippen LogP contribution < -0.4 is 5.32 Å². The third-order valence-corrected chi connectivity index (χ3v) is 4.83. The first kappa shape index (κ1) is 24.8. The van der Waals surface area contributed by atoms with Crippen LogP contribution in [0.2, 0.25) is 5.02 Å². The molecule has 0 radical (unpaired) electrons. The van der Waals surface area contributed by atoms with E-state index in [9.17, 15) is 9.59 Å². The first-order valence-electron chi connectivity index (χ1n) is 9.70. The van der Waals surface area contributed by atoms with Crippen molar-refractivity contribution >= 4 is 41.2 Å². The highest BCUT2D eigenvalue weighted by Gasteiger charge is 2.16. The number of carbonyl (C=O) groups excluding carboxylic acids is 2. The van der Waals surface area contributed by atoms with Gasteiger partial charge in [-0.2, -0.15) is 0 Å². The number of nitrogens with zero attached hydrogens (tertiary/aromatic N) is 4. The molecular weight excluding hydrogens is 434 g/mol. The molecule has 9 nitrogen and oxygen atoms in total. The van der Waals surface area contributed by atoms with Crippen molar-refractivity contribution in [3.05, 3.63) is 64.6 Å². The van der Waals surface area contributed by atoms with Gasteiger partial charge in [-0.1, -0.05) is 17.7 Å². The zero-order valence-corrected chi connectivity index (χ0v) is 19.1. The maximum absolute atomic E-state index is 12.7. The predicted octanol–water partition coefficient (Wildman–Crippen LogP) is 2.88. The molecule has 3 rings (SSSR count). The minimum atomic E-state index is -0.349. The molecule has 0 saturated carbocycles. The smallest absolute Gasteiger partial charge is 0.290 e. The molecule has 0 atom stereocenters. The first-order chi connectivity index (χ1) is 15.2. The van der Waals surface area contributed by atoms with Gasteiger partial charge in [0.2, 0.25) is 0 Å². The van der Waals surface area contributed by atoms with Gasteiger partial charge in [-0.15, -0.1) is 0 Å². The standard InChI is InChI=1S/C21H24ClN5O2.CH2O2/c1-14-5-6-15(21(29)26(4)10-9-25(2)3)11-17(14)24-20(28)18-13-27-12-16(22)7-8-19(27)23-18;2-1-3/h5-8,11-13H,9-10H2,1-4H3,(H,24,28);1H,(H,2,3). The van der Waals surface area contributed by atoms with Crippen LogP contribution in [-0.4, -0.2) is 76.8 Å². The van der Waals surface area contributed by atoms with E-state index in [1.165, 1.54) is 0 Å². The number of likely N-dealkylation sites (N-methyl/N-ethyl adjacent to an activating group) is 2. The zero-order chi connectivity index (χ0) is 23.8. The van der Waals surface area contributed by atoms with Crippen molar-refractivity contribution in [2.45, 2.75) is 6.92 Å². The molecule has 2 amide bonds. The number of amides is 2. The van der Waals surface area contributed by atoms with Gasteiger partial charge in [0.15, 0.2) is 0 Å². The molecule has 32 heavy (non-hydrogen) atoms. The summed E-state index contributed by atoms with van der Waals surface area (Å²) in [6.45, 7) is 3.02. The maximum atomic E-state index is 12.7. The number of aryl methyl sites for hydroxylation is 1. The SMILES string of the molecule is Cc1ccc(C(=O)N(C)CCN(C)C)cc1NC(=O)c1cn2cc(Cl)ccc2n1.O=CO. The van der Waals surface area contributed by atoms with E-state index >= 15 is 0 Å². The Labute approximate surface area is 191 Å². The molecule has 3 aromatic rings. The van der Waals surface area contributed by atoms with Gasteiger partial charge in [-0.3, -0.25) is 14.4 Å². The molecule has 0 aliphatic carbocycles. The number of carbonyl (C=O) groups is 3. The largest absolute Gasteiger partial charge is 0.483 e. The predicted molar refractivity (Wildman–Crippen MR) is 124 cm³/mol. The molecule has 0 spiro atoms. The number of nitrogens with one attached hydrogen (secondary N) is 1. The van der Waals surface area contributed by atoms with Gasteiger partial charge < -0.3 is 24.6 Å². The van der Waals surface area contributed by atoms with Crippen LogP contribution in [0.4, 0.5) is 5.69 Å². The van der Waals surface area contributed by atoms with E-state index in [4.69, 9.17) is 21.5 Å². The number of halogens is 1. The average molecular weight is 460 g/mol. The fraction of sp³-hybridized carbons (Fsp3) is 0.273. The number of fused-ring (bicyclic) bond motifs is 1. The highest BCUT2D eigenvalue weighted by atomic mass is 35.5. The molecule has 0 unspecified atom stereocenters. The fourth-order valence-electron chi connectivity index (χ4n) is 2.82. The van der Waals surface area contributed by atoms with Crippen molar-refractivity contribution in [3.63, 3.8) is 0 Å². The van der Waals surface area contributed by atoms with Crippen LogP contribution in [0.25, 0.3) is 5.65 Å². The van der Waals surface area contributed by atoms with Crippen LogP contribution in [0, 0.1) is 6.92 Å². The Hall–Kier alpha value is -3.43. The summed E-state index contributed by atoms with van der Waals surface area (Å²) < 4.78 is 1.70. The Balaban J connectivity index is 0.00000114. The molecule has 10 heteroatoms. The molecule has 170 valence electrons. The summed E-state index contributed by atoms with van der Waals surface area (Å²) in [5.74, 6) is -0.441. The van der Waals surface area contributed by atoms with Crippen LogP contribution in [0.15, 0.2) is 42.7 Å². The van der Waals surface area contributed by atoms with Crippen molar-refractivity contribution in [2.75, 3.05) is 39.5 Å². The van der Waals surface area contributed by atoms with Crippen molar-refractivity contribution < 1.29 is 19.5 Å². The Bertz CT molecular complexity index is 1110. The molecule has 2 N–H and O–H groups in total. The van der Waals surface area contributed by atoms with Crippen LogP contribution in [0.1, 0.15) is 26.4 Å². The van der Waals surface area contributed by atoms with Crippen LogP contribution >= 0.6 is 11.6 Å². The summed E-state index contributed by atoms with van der Waals surface area (Å²) in [5.41, 5.74) is 2.86. The van der Waals surface area contributed by atoms with Crippen LogP contribution in [-0.2, 0) is 4.79 Å². The number of carboxylic acid groups (broad SMARTS) is 1. The van der Waals surface area contributed by atoms with Gasteiger partial charge in [0.1, 0.15) is 11.3 Å². The number of aromatic nitrogens is 2. The van der Waals surface area contributed by atoms with E-state index in [0.29, 0.717) is 28.5 Å². The lowest BCUT2D eigenvalue weighted by atomic mass is 10.1. The number of rotatable bonds is 6. The highest BCUT2D eigenvalue weighted by molar-refractivity contribution is 6.30. The Kier molecular flexibility index (Phi) is 8.74. The number of benzene rings is 1. The first-order valence-corrected chi connectivity index (χ1v) is 10.1. The van der Waals surface area contributed by atoms with E-state index in [1.54, 1.807) is 53.0 Å². The summed E-state index contributed by atoms with van der Waals surface area (Å²) in [7, 11) is 5.70. The van der Waals surface area contributed by atoms with Crippen molar-refractivity contribution in [1.29, 1.82) is 0 Å². The van der Waals surface area contributed by atoms with Crippen LogP contribution in [0.3, 0.4) is 0 Å². The summed E-state index contributed by atoms with van der Waals surface area (Å²) in [5, 5.41) is 10.3. The van der Waals surface area contributed by atoms with E-state index in [0.717, 1.165) is 12.1 Å². The minimum absolute atomic E-state index is 0.0929. The van der Waals surface area contributed by atoms with Gasteiger partial charge in [0, 0.05) is 43.8 Å². The lowest BCUT2D eigenvalue weighted by Gasteiger charge is -2.20. The molecule has 0 fully saturated rings. The van der Waals surface area contributed by atoms with Gasteiger partial charge in [0.25, 0.3) is 18.3 Å². The number of imidazole rings is 1. The molecule has 0 bridgehead atoms. The summed E-state index contributed by atoms with van der Waals surface area (Å²) in [4.78, 5) is 41.8. The fourth-order valence-corrected chi connectivity index (χ4v) is 2.99. The second kappa shape index (κ2) is 11.3. The van der Waals surface area contributed by atoms with Crippen molar-refractivity contribution in [3.8, 4) is 0 Å². The van der Waals surface area contributed by atoms with E-state index in [-0.39, 0.29) is 24.0 Å². The van der Waals surface area contributed by atoms with Crippen LogP contribution in [0.5, 0.6) is 0 Å². The zero-order valence-electron chi connectivity index (χ0n) is 18.4. The molecule has 2 heterocycles.